The predicted octanol–water partition coefficient (Wildman–Crippen LogP) is 3.36. The molecular weight excluding hydrogens is 248 g/mol. The molecule has 1 saturated heterocycles. The largest absolute Gasteiger partial charge is 0.497 e. The molecule has 20 heavy (non-hydrogen) atoms. The number of aromatic nitrogens is 1. The zero-order valence-electron chi connectivity index (χ0n) is 11.6. The summed E-state index contributed by atoms with van der Waals surface area (Å²) in [4.78, 5) is 7.19. The first kappa shape index (κ1) is 11.8. The highest BCUT2D eigenvalue weighted by atomic mass is 16.5. The standard InChI is InChI=1S/C17H18N2O/c1-20-15-7-4-13(5-8-15)19-14-6-9-16(19)17-12(11-14)3-2-10-18-17/h2-5,7-8,10,14,16H,6,9,11H2,1H3/t14-,16+/m0/s1. The summed E-state index contributed by atoms with van der Waals surface area (Å²) in [6, 6.07) is 13.8. The number of pyridine rings is 1. The van der Waals surface area contributed by atoms with E-state index in [-0.39, 0.29) is 0 Å². The van der Waals surface area contributed by atoms with Gasteiger partial charge in [-0.2, -0.15) is 0 Å². The van der Waals surface area contributed by atoms with E-state index in [1.165, 1.54) is 29.8 Å². The Morgan fingerprint density at radius 1 is 1.15 bits per heavy atom. The van der Waals surface area contributed by atoms with E-state index in [4.69, 9.17) is 4.74 Å². The second kappa shape index (κ2) is 4.51. The summed E-state index contributed by atoms with van der Waals surface area (Å²) in [5, 5.41) is 0. The van der Waals surface area contributed by atoms with Gasteiger partial charge < -0.3 is 9.64 Å². The number of ether oxygens (including phenoxy) is 1. The van der Waals surface area contributed by atoms with Gasteiger partial charge >= 0.3 is 0 Å². The molecule has 0 radical (unpaired) electrons. The minimum Gasteiger partial charge on any atom is -0.497 e. The first-order chi connectivity index (χ1) is 9.86. The molecule has 3 heterocycles. The molecule has 2 atom stereocenters. The Kier molecular flexibility index (Phi) is 2.66. The maximum Gasteiger partial charge on any atom is 0.119 e. The molecule has 0 unspecified atom stereocenters. The molecule has 2 aromatic rings. The molecule has 1 aromatic carbocycles. The summed E-state index contributed by atoms with van der Waals surface area (Å²) in [6.07, 6.45) is 5.50. The van der Waals surface area contributed by atoms with E-state index in [0.29, 0.717) is 12.1 Å². The van der Waals surface area contributed by atoms with Crippen LogP contribution in [0.25, 0.3) is 0 Å². The molecule has 0 spiro atoms. The second-order valence-corrected chi connectivity index (χ2v) is 5.60. The Morgan fingerprint density at radius 3 is 2.80 bits per heavy atom. The van der Waals surface area contributed by atoms with Crippen molar-refractivity contribution in [3.05, 3.63) is 53.9 Å². The number of hydrogen-bond donors (Lipinski definition) is 0. The van der Waals surface area contributed by atoms with Crippen LogP contribution in [0.15, 0.2) is 42.6 Å². The van der Waals surface area contributed by atoms with Crippen LogP contribution in [0.3, 0.4) is 0 Å². The lowest BCUT2D eigenvalue weighted by atomic mass is 9.97. The third-order valence-corrected chi connectivity index (χ3v) is 4.57. The average Bonchev–Trinajstić information content (AvgIpc) is 2.82. The molecule has 0 amide bonds. The molecule has 1 fully saturated rings. The van der Waals surface area contributed by atoms with Crippen molar-refractivity contribution >= 4 is 5.69 Å². The maximum atomic E-state index is 5.25. The quantitative estimate of drug-likeness (QED) is 0.833. The van der Waals surface area contributed by atoms with E-state index in [0.717, 1.165) is 12.2 Å². The van der Waals surface area contributed by atoms with Crippen molar-refractivity contribution in [1.82, 2.24) is 4.98 Å². The number of nitrogens with zero attached hydrogens (tertiary/aromatic N) is 2. The first-order valence-corrected chi connectivity index (χ1v) is 7.23. The molecule has 2 bridgehead atoms. The summed E-state index contributed by atoms with van der Waals surface area (Å²) in [5.41, 5.74) is 4.00. The summed E-state index contributed by atoms with van der Waals surface area (Å²) in [6.45, 7) is 0. The van der Waals surface area contributed by atoms with Gasteiger partial charge in [0.05, 0.1) is 18.8 Å². The van der Waals surface area contributed by atoms with Crippen LogP contribution >= 0.6 is 0 Å². The lowest BCUT2D eigenvalue weighted by molar-refractivity contribution is 0.414. The van der Waals surface area contributed by atoms with E-state index in [1.54, 1.807) is 7.11 Å². The summed E-state index contributed by atoms with van der Waals surface area (Å²) >= 11 is 0. The minimum absolute atomic E-state index is 0.443. The molecule has 0 N–H and O–H groups in total. The van der Waals surface area contributed by atoms with E-state index in [2.05, 4.69) is 34.1 Å². The van der Waals surface area contributed by atoms with E-state index in [9.17, 15) is 0 Å². The number of methoxy groups -OCH3 is 1. The Balaban J connectivity index is 1.73. The highest BCUT2D eigenvalue weighted by molar-refractivity contribution is 5.55. The van der Waals surface area contributed by atoms with Gasteiger partial charge in [0, 0.05) is 17.9 Å². The number of rotatable bonds is 2. The molecule has 2 aliphatic heterocycles. The summed E-state index contributed by atoms with van der Waals surface area (Å²) < 4.78 is 5.25. The van der Waals surface area contributed by atoms with Crippen LogP contribution < -0.4 is 9.64 Å². The fourth-order valence-electron chi connectivity index (χ4n) is 3.67. The molecule has 0 aliphatic carbocycles. The van der Waals surface area contributed by atoms with E-state index >= 15 is 0 Å². The van der Waals surface area contributed by atoms with Crippen LogP contribution in [0.5, 0.6) is 5.75 Å². The molecule has 2 aliphatic rings. The van der Waals surface area contributed by atoms with Gasteiger partial charge in [0.15, 0.2) is 0 Å². The topological polar surface area (TPSA) is 25.4 Å². The van der Waals surface area contributed by atoms with Gasteiger partial charge in [-0.3, -0.25) is 4.98 Å². The number of benzene rings is 1. The SMILES string of the molecule is COc1ccc(N2[C@H]3CC[C@@H]2c2ncccc2C3)cc1. The number of hydrogen-bond acceptors (Lipinski definition) is 3. The van der Waals surface area contributed by atoms with Gasteiger partial charge in [-0.15, -0.1) is 0 Å². The molecule has 3 nitrogen and oxygen atoms in total. The Bertz CT molecular complexity index is 623. The van der Waals surface area contributed by atoms with Crippen LogP contribution in [0, 0.1) is 0 Å². The highest BCUT2D eigenvalue weighted by Gasteiger charge is 2.40. The minimum atomic E-state index is 0.443. The van der Waals surface area contributed by atoms with E-state index in [1.807, 2.05) is 18.3 Å². The second-order valence-electron chi connectivity index (χ2n) is 5.60. The van der Waals surface area contributed by atoms with Crippen LogP contribution in [0.1, 0.15) is 30.1 Å². The Labute approximate surface area is 119 Å². The zero-order chi connectivity index (χ0) is 13.5. The van der Waals surface area contributed by atoms with Crippen molar-refractivity contribution in [2.75, 3.05) is 12.0 Å². The van der Waals surface area contributed by atoms with Crippen molar-refractivity contribution in [3.63, 3.8) is 0 Å². The first-order valence-electron chi connectivity index (χ1n) is 7.23. The maximum absolute atomic E-state index is 5.25. The summed E-state index contributed by atoms with van der Waals surface area (Å²) in [5.74, 6) is 0.914. The van der Waals surface area contributed by atoms with Gasteiger partial charge in [0.2, 0.25) is 0 Å². The lowest BCUT2D eigenvalue weighted by Crippen LogP contribution is -2.37. The van der Waals surface area contributed by atoms with Crippen LogP contribution in [0.2, 0.25) is 0 Å². The van der Waals surface area contributed by atoms with Gasteiger partial charge in [-0.25, -0.2) is 0 Å². The normalized spacial score (nSPS) is 23.6. The summed E-state index contributed by atoms with van der Waals surface area (Å²) in [7, 11) is 1.71. The Morgan fingerprint density at radius 2 is 2.00 bits per heavy atom. The lowest BCUT2D eigenvalue weighted by Gasteiger charge is -2.37. The van der Waals surface area contributed by atoms with Crippen LogP contribution in [0.4, 0.5) is 5.69 Å². The van der Waals surface area contributed by atoms with E-state index < -0.39 is 0 Å². The van der Waals surface area contributed by atoms with Crippen molar-refractivity contribution in [2.24, 2.45) is 0 Å². The smallest absolute Gasteiger partial charge is 0.119 e. The highest BCUT2D eigenvalue weighted by Crippen LogP contribution is 2.45. The fourth-order valence-corrected chi connectivity index (χ4v) is 3.67. The molecule has 0 saturated carbocycles. The van der Waals surface area contributed by atoms with Gasteiger partial charge in [-0.1, -0.05) is 6.07 Å². The van der Waals surface area contributed by atoms with Gasteiger partial charge in [-0.05, 0) is 55.2 Å². The molecule has 1 aromatic heterocycles. The van der Waals surface area contributed by atoms with Crippen molar-refractivity contribution in [1.29, 1.82) is 0 Å². The fraction of sp³-hybridized carbons (Fsp3) is 0.353. The zero-order valence-corrected chi connectivity index (χ0v) is 11.6. The molecule has 3 heteroatoms. The number of anilines is 1. The average molecular weight is 266 g/mol. The molecule has 102 valence electrons. The van der Waals surface area contributed by atoms with Crippen LogP contribution in [-0.4, -0.2) is 18.1 Å². The van der Waals surface area contributed by atoms with Crippen molar-refractivity contribution < 1.29 is 4.74 Å². The van der Waals surface area contributed by atoms with Crippen molar-refractivity contribution in [2.45, 2.75) is 31.3 Å². The Hall–Kier alpha value is -2.03. The van der Waals surface area contributed by atoms with Gasteiger partial charge in [0.1, 0.15) is 5.75 Å². The predicted molar refractivity (Wildman–Crippen MR) is 79.2 cm³/mol. The number of fused-ring (bicyclic) bond motifs is 4. The van der Waals surface area contributed by atoms with Gasteiger partial charge in [0.25, 0.3) is 0 Å². The van der Waals surface area contributed by atoms with Crippen molar-refractivity contribution in [3.8, 4) is 5.75 Å². The molecule has 4 rings (SSSR count). The van der Waals surface area contributed by atoms with Crippen LogP contribution in [-0.2, 0) is 6.42 Å². The molecular formula is C17H18N2O. The third kappa shape index (κ3) is 1.69. The monoisotopic (exact) mass is 266 g/mol. The third-order valence-electron chi connectivity index (χ3n) is 4.57.